The number of H-pyrrole nitrogens is 1. The maximum Gasteiger partial charge on any atom is 0.317 e. The van der Waals surface area contributed by atoms with E-state index in [0.29, 0.717) is 19.1 Å². The third-order valence-corrected chi connectivity index (χ3v) is 5.28. The molecule has 2 N–H and O–H groups in total. The second kappa shape index (κ2) is 8.99. The molecule has 3 rings (SSSR count). The quantitative estimate of drug-likeness (QED) is 0.817. The largest absolute Gasteiger partial charge is 0.338 e. The number of likely N-dealkylation sites (tertiary alicyclic amines) is 1. The van der Waals surface area contributed by atoms with E-state index in [0.717, 1.165) is 29.8 Å². The smallest absolute Gasteiger partial charge is 0.317 e. The monoisotopic (exact) mass is 373 g/mol. The number of aromatic amines is 1. The lowest BCUT2D eigenvalue weighted by molar-refractivity contribution is 0.172. The van der Waals surface area contributed by atoms with Gasteiger partial charge in [0.2, 0.25) is 0 Å². The van der Waals surface area contributed by atoms with Gasteiger partial charge in [0.1, 0.15) is 5.82 Å². The van der Waals surface area contributed by atoms with Gasteiger partial charge >= 0.3 is 6.03 Å². The second-order valence-electron chi connectivity index (χ2n) is 7.28. The van der Waals surface area contributed by atoms with Crippen LogP contribution in [0.5, 0.6) is 0 Å². The number of hydrogen-bond acceptors (Lipinski definition) is 3. The third kappa shape index (κ3) is 5.07. The SMILES string of the molecule is CN(Cc1cn[nH]c1-c1ccc(F)cc1)C(=O)NCC[C@@H]1CCCCN1C. The molecule has 2 aromatic rings. The lowest BCUT2D eigenvalue weighted by Crippen LogP contribution is -2.41. The molecule has 0 spiro atoms. The van der Waals surface area contributed by atoms with Gasteiger partial charge in [0, 0.05) is 30.8 Å². The van der Waals surface area contributed by atoms with E-state index in [1.807, 2.05) is 0 Å². The fourth-order valence-electron chi connectivity index (χ4n) is 3.61. The number of nitrogens with one attached hydrogen (secondary N) is 2. The Kier molecular flexibility index (Phi) is 6.45. The van der Waals surface area contributed by atoms with Gasteiger partial charge in [-0.2, -0.15) is 5.10 Å². The molecule has 27 heavy (non-hydrogen) atoms. The lowest BCUT2D eigenvalue weighted by atomic mass is 10.0. The minimum absolute atomic E-state index is 0.0975. The number of halogens is 1. The summed E-state index contributed by atoms with van der Waals surface area (Å²) in [7, 11) is 3.93. The molecule has 0 bridgehead atoms. The van der Waals surface area contributed by atoms with Crippen LogP contribution in [0, 0.1) is 5.82 Å². The number of urea groups is 1. The molecule has 0 radical (unpaired) electrons. The molecule has 2 amide bonds. The van der Waals surface area contributed by atoms with Gasteiger partial charge in [0.25, 0.3) is 0 Å². The summed E-state index contributed by atoms with van der Waals surface area (Å²) in [5.41, 5.74) is 2.54. The summed E-state index contributed by atoms with van der Waals surface area (Å²) in [6.07, 6.45) is 6.43. The van der Waals surface area contributed by atoms with Crippen molar-refractivity contribution in [3.8, 4) is 11.3 Å². The summed E-state index contributed by atoms with van der Waals surface area (Å²) in [4.78, 5) is 16.4. The van der Waals surface area contributed by atoms with Crippen LogP contribution < -0.4 is 5.32 Å². The Morgan fingerprint density at radius 2 is 2.15 bits per heavy atom. The Morgan fingerprint density at radius 1 is 1.37 bits per heavy atom. The molecule has 2 heterocycles. The van der Waals surface area contributed by atoms with Gasteiger partial charge in [-0.3, -0.25) is 5.10 Å². The van der Waals surface area contributed by atoms with E-state index < -0.39 is 0 Å². The first-order valence-electron chi connectivity index (χ1n) is 9.52. The van der Waals surface area contributed by atoms with Crippen LogP contribution in [-0.2, 0) is 6.54 Å². The van der Waals surface area contributed by atoms with Crippen molar-refractivity contribution in [2.24, 2.45) is 0 Å². The van der Waals surface area contributed by atoms with Gasteiger partial charge in [0.15, 0.2) is 0 Å². The molecule has 1 aromatic heterocycles. The number of rotatable bonds is 6. The van der Waals surface area contributed by atoms with Gasteiger partial charge in [-0.05, 0) is 57.1 Å². The van der Waals surface area contributed by atoms with Gasteiger partial charge in [-0.25, -0.2) is 9.18 Å². The minimum atomic E-state index is -0.278. The zero-order valence-electron chi connectivity index (χ0n) is 16.0. The predicted octanol–water partition coefficient (Wildman–Crippen LogP) is 3.23. The predicted molar refractivity (Wildman–Crippen MR) is 104 cm³/mol. The van der Waals surface area contributed by atoms with Crippen molar-refractivity contribution in [1.29, 1.82) is 0 Å². The zero-order chi connectivity index (χ0) is 19.2. The standard InChI is InChI=1S/C20H28FN5O/c1-25-12-4-3-5-18(25)10-11-22-20(27)26(2)14-16-13-23-24-19(16)15-6-8-17(21)9-7-15/h6-9,13,18H,3-5,10-12,14H2,1-2H3,(H,22,27)(H,23,24)/t18-/m0/s1. The highest BCUT2D eigenvalue weighted by atomic mass is 19.1. The molecular weight excluding hydrogens is 345 g/mol. The van der Waals surface area contributed by atoms with E-state index in [1.165, 1.54) is 31.4 Å². The molecule has 146 valence electrons. The van der Waals surface area contributed by atoms with E-state index in [9.17, 15) is 9.18 Å². The first-order valence-corrected chi connectivity index (χ1v) is 9.52. The first-order chi connectivity index (χ1) is 13.0. The molecule has 1 aliphatic rings. The van der Waals surface area contributed by atoms with E-state index >= 15 is 0 Å². The van der Waals surface area contributed by atoms with Crippen molar-refractivity contribution in [2.75, 3.05) is 27.2 Å². The summed E-state index contributed by atoms with van der Waals surface area (Å²) in [6.45, 7) is 2.25. The van der Waals surface area contributed by atoms with Gasteiger partial charge in [-0.1, -0.05) is 6.42 Å². The molecule has 0 unspecified atom stereocenters. The summed E-state index contributed by atoms with van der Waals surface area (Å²) < 4.78 is 13.1. The highest BCUT2D eigenvalue weighted by Crippen LogP contribution is 2.22. The number of hydrogen-bond donors (Lipinski definition) is 2. The molecular formula is C20H28FN5O. The van der Waals surface area contributed by atoms with Crippen molar-refractivity contribution in [1.82, 2.24) is 25.3 Å². The number of nitrogens with zero attached hydrogens (tertiary/aromatic N) is 3. The minimum Gasteiger partial charge on any atom is -0.338 e. The van der Waals surface area contributed by atoms with Crippen LogP contribution in [0.4, 0.5) is 9.18 Å². The normalized spacial score (nSPS) is 17.7. The number of piperidine rings is 1. The Labute approximate surface area is 159 Å². The number of amides is 2. The Morgan fingerprint density at radius 3 is 2.89 bits per heavy atom. The molecule has 1 aromatic carbocycles. The maximum atomic E-state index is 13.1. The van der Waals surface area contributed by atoms with E-state index in [1.54, 1.807) is 30.3 Å². The van der Waals surface area contributed by atoms with E-state index in [2.05, 4.69) is 27.5 Å². The first kappa shape index (κ1) is 19.4. The maximum absolute atomic E-state index is 13.1. The van der Waals surface area contributed by atoms with Crippen LogP contribution in [0.3, 0.4) is 0 Å². The Hall–Kier alpha value is -2.41. The van der Waals surface area contributed by atoms with Crippen LogP contribution in [0.2, 0.25) is 0 Å². The summed E-state index contributed by atoms with van der Waals surface area (Å²) in [5.74, 6) is -0.278. The molecule has 1 atom stereocenters. The third-order valence-electron chi connectivity index (χ3n) is 5.28. The van der Waals surface area contributed by atoms with Crippen molar-refractivity contribution < 1.29 is 9.18 Å². The summed E-state index contributed by atoms with van der Waals surface area (Å²) in [6, 6.07) is 6.69. The van der Waals surface area contributed by atoms with Crippen molar-refractivity contribution in [3.63, 3.8) is 0 Å². The van der Waals surface area contributed by atoms with Gasteiger partial charge < -0.3 is 15.1 Å². The number of aromatic nitrogens is 2. The Bertz CT molecular complexity index is 745. The number of carbonyl (C=O) groups excluding carboxylic acids is 1. The van der Waals surface area contributed by atoms with Gasteiger partial charge in [0.05, 0.1) is 18.4 Å². The van der Waals surface area contributed by atoms with E-state index in [-0.39, 0.29) is 11.8 Å². The molecule has 1 saturated heterocycles. The average Bonchev–Trinajstić information content (AvgIpc) is 3.12. The van der Waals surface area contributed by atoms with Crippen molar-refractivity contribution in [3.05, 3.63) is 41.8 Å². The Balaban J connectivity index is 1.51. The number of carbonyl (C=O) groups is 1. The molecule has 7 heteroatoms. The molecule has 0 saturated carbocycles. The highest BCUT2D eigenvalue weighted by Gasteiger charge is 2.19. The lowest BCUT2D eigenvalue weighted by Gasteiger charge is -2.32. The summed E-state index contributed by atoms with van der Waals surface area (Å²) >= 11 is 0. The second-order valence-corrected chi connectivity index (χ2v) is 7.28. The van der Waals surface area contributed by atoms with Crippen LogP contribution in [-0.4, -0.2) is 59.3 Å². The van der Waals surface area contributed by atoms with Crippen LogP contribution >= 0.6 is 0 Å². The van der Waals surface area contributed by atoms with Crippen LogP contribution in [0.25, 0.3) is 11.3 Å². The van der Waals surface area contributed by atoms with Crippen molar-refractivity contribution >= 4 is 6.03 Å². The topological polar surface area (TPSA) is 64.3 Å². The van der Waals surface area contributed by atoms with E-state index in [4.69, 9.17) is 0 Å². The highest BCUT2D eigenvalue weighted by molar-refractivity contribution is 5.74. The molecule has 0 aliphatic carbocycles. The molecule has 1 fully saturated rings. The summed E-state index contributed by atoms with van der Waals surface area (Å²) in [5, 5.41) is 10.0. The molecule has 1 aliphatic heterocycles. The average molecular weight is 373 g/mol. The van der Waals surface area contributed by atoms with Crippen molar-refractivity contribution in [2.45, 2.75) is 38.3 Å². The van der Waals surface area contributed by atoms with Crippen LogP contribution in [0.15, 0.2) is 30.5 Å². The zero-order valence-corrected chi connectivity index (χ0v) is 16.0. The molecule has 6 nitrogen and oxygen atoms in total. The fourth-order valence-corrected chi connectivity index (χ4v) is 3.61. The van der Waals surface area contributed by atoms with Crippen LogP contribution in [0.1, 0.15) is 31.2 Å². The number of benzene rings is 1. The fraction of sp³-hybridized carbons (Fsp3) is 0.500. The van der Waals surface area contributed by atoms with Gasteiger partial charge in [-0.15, -0.1) is 0 Å².